The van der Waals surface area contributed by atoms with E-state index in [-0.39, 0.29) is 0 Å². The zero-order valence-corrected chi connectivity index (χ0v) is 12.8. The number of nitrogens with zero attached hydrogens (tertiary/aromatic N) is 2. The van der Waals surface area contributed by atoms with Crippen molar-refractivity contribution in [3.05, 3.63) is 63.4 Å². The van der Waals surface area contributed by atoms with Gasteiger partial charge in [0.25, 0.3) is 5.56 Å². The number of para-hydroxylation sites is 1. The maximum absolute atomic E-state index is 12.4. The molecular formula is C16H14N4O4. The van der Waals surface area contributed by atoms with Crippen molar-refractivity contribution in [3.8, 4) is 5.88 Å². The SMILES string of the molecule is COc1ccc(NC(=O)Cn2c(=O)[nH]c3ccccc3c2=O)cn1. The van der Waals surface area contributed by atoms with E-state index >= 15 is 0 Å². The molecule has 0 atom stereocenters. The number of benzene rings is 1. The topological polar surface area (TPSA) is 106 Å². The molecule has 3 aromatic rings. The number of carbonyl (C=O) groups excluding carboxylic acids is 1. The summed E-state index contributed by atoms with van der Waals surface area (Å²) in [4.78, 5) is 43.0. The molecule has 8 nitrogen and oxygen atoms in total. The Bertz CT molecular complexity index is 1010. The number of methoxy groups -OCH3 is 1. The Morgan fingerprint density at radius 1 is 1.25 bits per heavy atom. The molecule has 0 fully saturated rings. The van der Waals surface area contributed by atoms with E-state index in [1.54, 1.807) is 36.4 Å². The highest BCUT2D eigenvalue weighted by Gasteiger charge is 2.11. The quantitative estimate of drug-likeness (QED) is 0.735. The number of anilines is 1. The maximum atomic E-state index is 12.4. The second-order valence-electron chi connectivity index (χ2n) is 5.00. The van der Waals surface area contributed by atoms with Crippen molar-refractivity contribution in [1.29, 1.82) is 0 Å². The predicted octanol–water partition coefficient (Wildman–Crippen LogP) is 0.732. The Labute approximate surface area is 135 Å². The van der Waals surface area contributed by atoms with Gasteiger partial charge in [0.05, 0.1) is 29.9 Å². The number of hydrogen-bond donors (Lipinski definition) is 2. The summed E-state index contributed by atoms with van der Waals surface area (Å²) in [5.41, 5.74) is -0.284. The van der Waals surface area contributed by atoms with E-state index in [0.717, 1.165) is 4.57 Å². The lowest BCUT2D eigenvalue weighted by molar-refractivity contribution is -0.116. The zero-order chi connectivity index (χ0) is 17.1. The second-order valence-corrected chi connectivity index (χ2v) is 5.00. The highest BCUT2D eigenvalue weighted by Crippen LogP contribution is 2.10. The van der Waals surface area contributed by atoms with Gasteiger partial charge < -0.3 is 15.0 Å². The molecule has 0 bridgehead atoms. The van der Waals surface area contributed by atoms with Crippen molar-refractivity contribution in [2.24, 2.45) is 0 Å². The summed E-state index contributed by atoms with van der Waals surface area (Å²) >= 11 is 0. The van der Waals surface area contributed by atoms with Crippen LogP contribution in [0.4, 0.5) is 5.69 Å². The molecule has 2 aromatic heterocycles. The minimum atomic E-state index is -0.637. The number of aromatic amines is 1. The molecule has 24 heavy (non-hydrogen) atoms. The normalized spacial score (nSPS) is 10.5. The van der Waals surface area contributed by atoms with Gasteiger partial charge in [-0.15, -0.1) is 0 Å². The molecule has 0 spiro atoms. The van der Waals surface area contributed by atoms with Crippen LogP contribution in [0.5, 0.6) is 5.88 Å². The number of rotatable bonds is 4. The molecule has 1 amide bonds. The van der Waals surface area contributed by atoms with Crippen LogP contribution in [-0.2, 0) is 11.3 Å². The van der Waals surface area contributed by atoms with Crippen molar-refractivity contribution < 1.29 is 9.53 Å². The first-order valence-electron chi connectivity index (χ1n) is 7.10. The standard InChI is InChI=1S/C16H14N4O4/c1-24-14-7-6-10(8-17-14)18-13(21)9-20-15(22)11-4-2-3-5-12(11)19-16(20)23/h2-8H,9H2,1H3,(H,18,21)(H,19,23). The van der Waals surface area contributed by atoms with Crippen LogP contribution in [0.1, 0.15) is 0 Å². The molecule has 8 heteroatoms. The summed E-state index contributed by atoms with van der Waals surface area (Å²) in [6.45, 7) is -0.398. The number of aromatic nitrogens is 3. The Morgan fingerprint density at radius 3 is 2.75 bits per heavy atom. The van der Waals surface area contributed by atoms with E-state index in [0.29, 0.717) is 22.5 Å². The fourth-order valence-electron chi connectivity index (χ4n) is 2.26. The lowest BCUT2D eigenvalue weighted by atomic mass is 10.2. The monoisotopic (exact) mass is 326 g/mol. The van der Waals surface area contributed by atoms with Gasteiger partial charge in [0.15, 0.2) is 0 Å². The van der Waals surface area contributed by atoms with Crippen molar-refractivity contribution in [2.75, 3.05) is 12.4 Å². The van der Waals surface area contributed by atoms with Gasteiger partial charge in [-0.25, -0.2) is 9.78 Å². The van der Waals surface area contributed by atoms with Gasteiger partial charge in [0.1, 0.15) is 6.54 Å². The molecule has 3 rings (SSSR count). The highest BCUT2D eigenvalue weighted by molar-refractivity contribution is 5.90. The molecule has 1 aromatic carbocycles. The van der Waals surface area contributed by atoms with Gasteiger partial charge in [0, 0.05) is 6.07 Å². The molecular weight excluding hydrogens is 312 g/mol. The Morgan fingerprint density at radius 2 is 2.04 bits per heavy atom. The number of carbonyl (C=O) groups is 1. The van der Waals surface area contributed by atoms with E-state index in [1.807, 2.05) is 0 Å². The number of amides is 1. The van der Waals surface area contributed by atoms with Crippen molar-refractivity contribution in [3.63, 3.8) is 0 Å². The molecule has 0 aliphatic heterocycles. The van der Waals surface area contributed by atoms with E-state index in [9.17, 15) is 14.4 Å². The molecule has 0 saturated carbocycles. The average Bonchev–Trinajstić information content (AvgIpc) is 2.59. The Balaban J connectivity index is 1.85. The van der Waals surface area contributed by atoms with Gasteiger partial charge in [-0.2, -0.15) is 0 Å². The van der Waals surface area contributed by atoms with E-state index in [4.69, 9.17) is 4.74 Å². The van der Waals surface area contributed by atoms with Gasteiger partial charge in [-0.3, -0.25) is 14.2 Å². The summed E-state index contributed by atoms with van der Waals surface area (Å²) < 4.78 is 5.78. The van der Waals surface area contributed by atoms with Crippen LogP contribution in [-0.4, -0.2) is 27.6 Å². The Kier molecular flexibility index (Phi) is 4.11. The lowest BCUT2D eigenvalue weighted by Crippen LogP contribution is -2.38. The largest absolute Gasteiger partial charge is 0.481 e. The predicted molar refractivity (Wildman–Crippen MR) is 88.2 cm³/mol. The van der Waals surface area contributed by atoms with Crippen LogP contribution in [0.25, 0.3) is 10.9 Å². The molecule has 0 aliphatic carbocycles. The Hall–Kier alpha value is -3.42. The first kappa shape index (κ1) is 15.5. The number of pyridine rings is 1. The van der Waals surface area contributed by atoms with Crippen molar-refractivity contribution >= 4 is 22.5 Å². The summed E-state index contributed by atoms with van der Waals surface area (Å²) in [5, 5.41) is 2.92. The van der Waals surface area contributed by atoms with Crippen LogP contribution in [0.2, 0.25) is 0 Å². The van der Waals surface area contributed by atoms with Crippen LogP contribution in [0.3, 0.4) is 0 Å². The molecule has 0 aliphatic rings. The molecule has 2 heterocycles. The highest BCUT2D eigenvalue weighted by atomic mass is 16.5. The number of H-pyrrole nitrogens is 1. The van der Waals surface area contributed by atoms with Gasteiger partial charge in [-0.05, 0) is 18.2 Å². The third-order valence-electron chi connectivity index (χ3n) is 3.42. The van der Waals surface area contributed by atoms with E-state index < -0.39 is 23.7 Å². The molecule has 2 N–H and O–H groups in total. The average molecular weight is 326 g/mol. The van der Waals surface area contributed by atoms with Crippen molar-refractivity contribution in [1.82, 2.24) is 14.5 Å². The van der Waals surface area contributed by atoms with Crippen LogP contribution < -0.4 is 21.3 Å². The number of fused-ring (bicyclic) bond motifs is 1. The van der Waals surface area contributed by atoms with E-state index in [1.165, 1.54) is 13.3 Å². The maximum Gasteiger partial charge on any atom is 0.329 e. The third-order valence-corrected chi connectivity index (χ3v) is 3.42. The summed E-state index contributed by atoms with van der Waals surface area (Å²) in [7, 11) is 1.49. The number of hydrogen-bond acceptors (Lipinski definition) is 5. The first-order chi connectivity index (χ1) is 11.6. The van der Waals surface area contributed by atoms with Gasteiger partial charge in [-0.1, -0.05) is 12.1 Å². The molecule has 0 saturated heterocycles. The minimum absolute atomic E-state index is 0.344. The summed E-state index contributed by atoms with van der Waals surface area (Å²) in [6.07, 6.45) is 1.42. The fourth-order valence-corrected chi connectivity index (χ4v) is 2.26. The van der Waals surface area contributed by atoms with Crippen LogP contribution in [0, 0.1) is 0 Å². The number of ether oxygens (including phenoxy) is 1. The smallest absolute Gasteiger partial charge is 0.329 e. The van der Waals surface area contributed by atoms with Gasteiger partial charge in [0.2, 0.25) is 11.8 Å². The van der Waals surface area contributed by atoms with Gasteiger partial charge >= 0.3 is 5.69 Å². The van der Waals surface area contributed by atoms with Crippen LogP contribution >= 0.6 is 0 Å². The molecule has 0 unspecified atom stereocenters. The summed E-state index contributed by atoms with van der Waals surface area (Å²) in [6, 6.07) is 9.82. The molecule has 122 valence electrons. The fraction of sp³-hybridized carbons (Fsp3) is 0.125. The lowest BCUT2D eigenvalue weighted by Gasteiger charge is -2.08. The molecule has 0 radical (unpaired) electrons. The first-order valence-corrected chi connectivity index (χ1v) is 7.10. The third kappa shape index (κ3) is 3.02. The summed E-state index contributed by atoms with van der Waals surface area (Å²) in [5.74, 6) is -0.0972. The van der Waals surface area contributed by atoms with Crippen LogP contribution in [0.15, 0.2) is 52.2 Å². The second kappa shape index (κ2) is 6.37. The van der Waals surface area contributed by atoms with Crippen molar-refractivity contribution in [2.45, 2.75) is 6.54 Å². The minimum Gasteiger partial charge on any atom is -0.481 e. The number of nitrogens with one attached hydrogen (secondary N) is 2. The van der Waals surface area contributed by atoms with E-state index in [2.05, 4.69) is 15.3 Å². The zero-order valence-electron chi connectivity index (χ0n) is 12.8.